The Labute approximate surface area is 158 Å². The summed E-state index contributed by atoms with van der Waals surface area (Å²) in [7, 11) is 0. The smallest absolute Gasteiger partial charge is 0.281 e. The fraction of sp³-hybridized carbons (Fsp3) is 0.158. The first-order valence-corrected chi connectivity index (χ1v) is 9.25. The molecule has 0 bridgehead atoms. The highest BCUT2D eigenvalue weighted by Crippen LogP contribution is 2.29. The zero-order valence-corrected chi connectivity index (χ0v) is 15.6. The van der Waals surface area contributed by atoms with Gasteiger partial charge in [0.1, 0.15) is 11.6 Å². The number of nitrogens with zero attached hydrogens (tertiary/aromatic N) is 5. The Kier molecular flexibility index (Phi) is 4.41. The standard InChI is InChI=1S/C19H16FN5OS/c1-3-24(19-22-15-6-4-5-7-16(15)27-19)18(26)17-21-12(2)25(23-17)14-10-8-13(20)9-11-14/h4-11H,3H2,1-2H3. The number of carbonyl (C=O) groups is 1. The highest BCUT2D eigenvalue weighted by molar-refractivity contribution is 7.22. The third-order valence-electron chi connectivity index (χ3n) is 4.11. The van der Waals surface area contributed by atoms with Gasteiger partial charge in [-0.05, 0) is 50.2 Å². The molecule has 136 valence electrons. The highest BCUT2D eigenvalue weighted by Gasteiger charge is 2.24. The Morgan fingerprint density at radius 2 is 1.89 bits per heavy atom. The number of hydrogen-bond acceptors (Lipinski definition) is 5. The van der Waals surface area contributed by atoms with Crippen LogP contribution in [0.25, 0.3) is 15.9 Å². The van der Waals surface area contributed by atoms with E-state index in [9.17, 15) is 9.18 Å². The van der Waals surface area contributed by atoms with Crippen LogP contribution in [0.1, 0.15) is 23.4 Å². The van der Waals surface area contributed by atoms with Crippen LogP contribution in [0.15, 0.2) is 48.5 Å². The Balaban J connectivity index is 1.68. The number of anilines is 1. The van der Waals surface area contributed by atoms with E-state index < -0.39 is 0 Å². The van der Waals surface area contributed by atoms with E-state index in [0.29, 0.717) is 23.2 Å². The lowest BCUT2D eigenvalue weighted by atomic mass is 10.3. The molecule has 2 aromatic heterocycles. The van der Waals surface area contributed by atoms with Crippen LogP contribution < -0.4 is 4.90 Å². The summed E-state index contributed by atoms with van der Waals surface area (Å²) >= 11 is 1.45. The monoisotopic (exact) mass is 381 g/mol. The molecule has 1 amide bonds. The molecule has 0 atom stereocenters. The van der Waals surface area contributed by atoms with Gasteiger partial charge < -0.3 is 0 Å². The Morgan fingerprint density at radius 1 is 1.15 bits per heavy atom. The van der Waals surface area contributed by atoms with Crippen molar-refractivity contribution in [3.05, 3.63) is 66.0 Å². The minimum absolute atomic E-state index is 0.0814. The summed E-state index contributed by atoms with van der Waals surface area (Å²) in [6.07, 6.45) is 0. The van der Waals surface area contributed by atoms with E-state index in [1.807, 2.05) is 31.2 Å². The number of fused-ring (bicyclic) bond motifs is 1. The maximum Gasteiger partial charge on any atom is 0.299 e. The second-order valence-electron chi connectivity index (χ2n) is 5.88. The fourth-order valence-corrected chi connectivity index (χ4v) is 3.80. The Morgan fingerprint density at radius 3 is 2.59 bits per heavy atom. The van der Waals surface area contributed by atoms with Gasteiger partial charge in [0.05, 0.1) is 15.9 Å². The van der Waals surface area contributed by atoms with Crippen molar-refractivity contribution in [1.29, 1.82) is 0 Å². The van der Waals surface area contributed by atoms with Gasteiger partial charge in [0.15, 0.2) is 5.13 Å². The Bertz CT molecular complexity index is 1090. The summed E-state index contributed by atoms with van der Waals surface area (Å²) in [5, 5.41) is 4.94. The average Bonchev–Trinajstić information content (AvgIpc) is 3.26. The predicted molar refractivity (Wildman–Crippen MR) is 103 cm³/mol. The summed E-state index contributed by atoms with van der Waals surface area (Å²) in [6.45, 7) is 4.08. The van der Waals surface area contributed by atoms with E-state index in [0.717, 1.165) is 10.2 Å². The molecule has 0 spiro atoms. The second kappa shape index (κ2) is 6.88. The average molecular weight is 381 g/mol. The molecule has 0 N–H and O–H groups in total. The summed E-state index contributed by atoms with van der Waals surface area (Å²) in [6, 6.07) is 13.6. The van der Waals surface area contributed by atoms with E-state index in [2.05, 4.69) is 15.1 Å². The predicted octanol–water partition coefficient (Wildman–Crippen LogP) is 3.99. The molecule has 27 heavy (non-hydrogen) atoms. The van der Waals surface area contributed by atoms with Gasteiger partial charge >= 0.3 is 0 Å². The van der Waals surface area contributed by atoms with E-state index in [1.165, 1.54) is 28.2 Å². The van der Waals surface area contributed by atoms with Crippen LogP contribution in [0.2, 0.25) is 0 Å². The summed E-state index contributed by atoms with van der Waals surface area (Å²) in [5.41, 5.74) is 1.49. The lowest BCUT2D eigenvalue weighted by Gasteiger charge is -2.15. The van der Waals surface area contributed by atoms with Gasteiger partial charge in [-0.2, -0.15) is 0 Å². The van der Waals surface area contributed by atoms with Crippen molar-refractivity contribution in [2.24, 2.45) is 0 Å². The number of benzene rings is 2. The van der Waals surface area contributed by atoms with Gasteiger partial charge in [-0.3, -0.25) is 9.69 Å². The molecular weight excluding hydrogens is 365 g/mol. The van der Waals surface area contributed by atoms with Crippen molar-refractivity contribution >= 4 is 32.6 Å². The number of aromatic nitrogens is 4. The number of thiazole rings is 1. The van der Waals surface area contributed by atoms with Crippen LogP contribution >= 0.6 is 11.3 Å². The van der Waals surface area contributed by atoms with Gasteiger partial charge in [0.2, 0.25) is 5.82 Å². The topological polar surface area (TPSA) is 63.9 Å². The van der Waals surface area contributed by atoms with Crippen LogP contribution in [-0.2, 0) is 0 Å². The van der Waals surface area contributed by atoms with E-state index >= 15 is 0 Å². The quantitative estimate of drug-likeness (QED) is 0.536. The third-order valence-corrected chi connectivity index (χ3v) is 5.17. The summed E-state index contributed by atoms with van der Waals surface area (Å²) in [5.74, 6) is -0.0235. The maximum atomic E-state index is 13.2. The molecule has 0 saturated carbocycles. The molecule has 0 radical (unpaired) electrons. The zero-order chi connectivity index (χ0) is 19.0. The number of aryl methyl sites for hydroxylation is 1. The molecule has 2 heterocycles. The first-order chi connectivity index (χ1) is 13.1. The molecule has 0 saturated heterocycles. The number of halogens is 1. The van der Waals surface area contributed by atoms with Crippen molar-refractivity contribution in [3.8, 4) is 5.69 Å². The summed E-state index contributed by atoms with van der Waals surface area (Å²) in [4.78, 5) is 23.4. The van der Waals surface area contributed by atoms with Crippen molar-refractivity contribution in [3.63, 3.8) is 0 Å². The maximum absolute atomic E-state index is 13.2. The van der Waals surface area contributed by atoms with Crippen LogP contribution in [0, 0.1) is 12.7 Å². The molecule has 0 unspecified atom stereocenters. The van der Waals surface area contributed by atoms with Crippen LogP contribution in [0.3, 0.4) is 0 Å². The number of rotatable bonds is 4. The Hall–Kier alpha value is -3.13. The molecule has 0 fully saturated rings. The van der Waals surface area contributed by atoms with Crippen LogP contribution in [0.5, 0.6) is 0 Å². The van der Waals surface area contributed by atoms with Crippen molar-refractivity contribution < 1.29 is 9.18 Å². The van der Waals surface area contributed by atoms with Crippen molar-refractivity contribution in [2.45, 2.75) is 13.8 Å². The molecule has 4 rings (SSSR count). The molecule has 0 aliphatic carbocycles. The number of para-hydroxylation sites is 1. The van der Waals surface area contributed by atoms with E-state index in [-0.39, 0.29) is 17.5 Å². The molecule has 6 nitrogen and oxygen atoms in total. The molecule has 0 aliphatic heterocycles. The molecule has 8 heteroatoms. The zero-order valence-electron chi connectivity index (χ0n) is 14.8. The van der Waals surface area contributed by atoms with Crippen LogP contribution in [-0.4, -0.2) is 32.2 Å². The first-order valence-electron chi connectivity index (χ1n) is 8.44. The minimum Gasteiger partial charge on any atom is -0.281 e. The van der Waals surface area contributed by atoms with Gasteiger partial charge in [-0.15, -0.1) is 5.10 Å². The van der Waals surface area contributed by atoms with Crippen molar-refractivity contribution in [1.82, 2.24) is 19.7 Å². The van der Waals surface area contributed by atoms with Gasteiger partial charge in [-0.25, -0.2) is 19.0 Å². The fourth-order valence-electron chi connectivity index (χ4n) is 2.77. The molecular formula is C19H16FN5OS. The van der Waals surface area contributed by atoms with Crippen molar-refractivity contribution in [2.75, 3.05) is 11.4 Å². The van der Waals surface area contributed by atoms with E-state index in [1.54, 1.807) is 24.0 Å². The van der Waals surface area contributed by atoms with E-state index in [4.69, 9.17) is 0 Å². The van der Waals surface area contributed by atoms with Gasteiger partial charge in [0.25, 0.3) is 5.91 Å². The van der Waals surface area contributed by atoms with Gasteiger partial charge in [-0.1, -0.05) is 23.5 Å². The highest BCUT2D eigenvalue weighted by atomic mass is 32.1. The molecule has 0 aliphatic rings. The molecule has 2 aromatic carbocycles. The van der Waals surface area contributed by atoms with Crippen LogP contribution in [0.4, 0.5) is 9.52 Å². The summed E-state index contributed by atoms with van der Waals surface area (Å²) < 4.78 is 15.7. The minimum atomic E-state index is -0.333. The SMILES string of the molecule is CCN(C(=O)c1nc(C)n(-c2ccc(F)cc2)n1)c1nc2ccccc2s1. The largest absolute Gasteiger partial charge is 0.299 e. The molecule has 4 aromatic rings. The first kappa shape index (κ1) is 17.3. The number of amides is 1. The lowest BCUT2D eigenvalue weighted by molar-refractivity contribution is 0.0978. The number of hydrogen-bond donors (Lipinski definition) is 0. The second-order valence-corrected chi connectivity index (χ2v) is 6.89. The lowest BCUT2D eigenvalue weighted by Crippen LogP contribution is -2.31. The normalized spacial score (nSPS) is 11.1. The third kappa shape index (κ3) is 3.19. The van der Waals surface area contributed by atoms with Gasteiger partial charge in [0, 0.05) is 6.54 Å². The number of carbonyl (C=O) groups excluding carboxylic acids is 1.